The third-order valence-corrected chi connectivity index (χ3v) is 4.48. The van der Waals surface area contributed by atoms with Crippen LogP contribution in [0.5, 0.6) is 11.5 Å². The maximum Gasteiger partial charge on any atom is 0.414 e. The van der Waals surface area contributed by atoms with Crippen LogP contribution in [-0.2, 0) is 4.74 Å². The number of cyclic esters (lactones) is 1. The number of urea groups is 1. The number of para-hydroxylation sites is 1. The van der Waals surface area contributed by atoms with Crippen LogP contribution in [0.25, 0.3) is 0 Å². The minimum absolute atomic E-state index is 0.163. The summed E-state index contributed by atoms with van der Waals surface area (Å²) in [6.45, 7) is 0.643. The van der Waals surface area contributed by atoms with Crippen molar-refractivity contribution >= 4 is 35.1 Å². The van der Waals surface area contributed by atoms with Crippen molar-refractivity contribution in [3.63, 3.8) is 0 Å². The number of rotatable bonds is 4. The van der Waals surface area contributed by atoms with Gasteiger partial charge in [-0.2, -0.15) is 0 Å². The summed E-state index contributed by atoms with van der Waals surface area (Å²) in [7, 11) is 0. The molecule has 2 aliphatic heterocycles. The summed E-state index contributed by atoms with van der Waals surface area (Å²) in [5, 5.41) is 5.77. The molecule has 0 saturated carbocycles. The van der Waals surface area contributed by atoms with Crippen molar-refractivity contribution in [2.24, 2.45) is 0 Å². The van der Waals surface area contributed by atoms with Crippen LogP contribution in [-0.4, -0.2) is 38.1 Å². The minimum Gasteiger partial charge on any atom is -0.454 e. The molecule has 27 heavy (non-hydrogen) atoms. The SMILES string of the molecule is O=C(NC[C@@H]1CN(c2ccc3c(c2)OCO3)C(=O)O1)Nc1ccccc1Cl. The molecule has 2 aliphatic rings. The Morgan fingerprint density at radius 3 is 2.85 bits per heavy atom. The van der Waals surface area contributed by atoms with Crippen LogP contribution in [0.1, 0.15) is 0 Å². The quantitative estimate of drug-likeness (QED) is 0.838. The van der Waals surface area contributed by atoms with Crippen LogP contribution in [0.4, 0.5) is 21.0 Å². The molecule has 4 rings (SSSR count). The first kappa shape index (κ1) is 17.3. The van der Waals surface area contributed by atoms with Crippen LogP contribution in [0.3, 0.4) is 0 Å². The van der Waals surface area contributed by atoms with E-state index in [1.165, 1.54) is 4.90 Å². The van der Waals surface area contributed by atoms with Crippen molar-refractivity contribution in [3.8, 4) is 11.5 Å². The third kappa shape index (κ3) is 3.70. The molecule has 0 spiro atoms. The molecule has 0 aliphatic carbocycles. The van der Waals surface area contributed by atoms with E-state index in [1.807, 2.05) is 0 Å². The molecule has 0 aromatic heterocycles. The van der Waals surface area contributed by atoms with E-state index in [2.05, 4.69) is 10.6 Å². The largest absolute Gasteiger partial charge is 0.454 e. The highest BCUT2D eigenvalue weighted by atomic mass is 35.5. The Morgan fingerprint density at radius 1 is 1.19 bits per heavy atom. The maximum absolute atomic E-state index is 12.2. The predicted octanol–water partition coefficient (Wildman–Crippen LogP) is 3.22. The standard InChI is InChI=1S/C18H16ClN3O5/c19-13-3-1-2-4-14(13)21-17(23)20-8-12-9-22(18(24)27-12)11-5-6-15-16(7-11)26-10-25-15/h1-7,12H,8-10H2,(H2,20,21,23)/t12-/m1/s1. The fraction of sp³-hybridized carbons (Fsp3) is 0.222. The van der Waals surface area contributed by atoms with Crippen molar-refractivity contribution in [2.45, 2.75) is 6.10 Å². The van der Waals surface area contributed by atoms with Gasteiger partial charge in [0.15, 0.2) is 11.5 Å². The number of nitrogens with one attached hydrogen (secondary N) is 2. The highest BCUT2D eigenvalue weighted by Crippen LogP contribution is 2.36. The minimum atomic E-state index is -0.479. The molecule has 2 N–H and O–H groups in total. The van der Waals surface area contributed by atoms with Crippen molar-refractivity contribution in [1.29, 1.82) is 0 Å². The molecule has 2 aromatic rings. The van der Waals surface area contributed by atoms with E-state index in [9.17, 15) is 9.59 Å². The molecule has 0 radical (unpaired) electrons. The van der Waals surface area contributed by atoms with Gasteiger partial charge in [-0.05, 0) is 24.3 Å². The van der Waals surface area contributed by atoms with E-state index in [0.717, 1.165) is 0 Å². The lowest BCUT2D eigenvalue weighted by atomic mass is 10.2. The second kappa shape index (κ2) is 7.24. The van der Waals surface area contributed by atoms with Gasteiger partial charge >= 0.3 is 12.1 Å². The smallest absolute Gasteiger partial charge is 0.414 e. The maximum atomic E-state index is 12.2. The van der Waals surface area contributed by atoms with Gasteiger partial charge in [0.1, 0.15) is 6.10 Å². The topological polar surface area (TPSA) is 89.1 Å². The van der Waals surface area contributed by atoms with E-state index < -0.39 is 18.2 Å². The molecule has 1 atom stereocenters. The highest BCUT2D eigenvalue weighted by Gasteiger charge is 2.33. The van der Waals surface area contributed by atoms with E-state index in [4.69, 9.17) is 25.8 Å². The monoisotopic (exact) mass is 389 g/mol. The average molecular weight is 390 g/mol. The first-order valence-electron chi connectivity index (χ1n) is 8.27. The number of nitrogens with zero attached hydrogens (tertiary/aromatic N) is 1. The van der Waals surface area contributed by atoms with Gasteiger partial charge in [0, 0.05) is 6.07 Å². The van der Waals surface area contributed by atoms with Gasteiger partial charge in [-0.15, -0.1) is 0 Å². The second-order valence-corrected chi connectivity index (χ2v) is 6.38. The summed E-state index contributed by atoms with van der Waals surface area (Å²) in [4.78, 5) is 25.7. The van der Waals surface area contributed by atoms with E-state index in [-0.39, 0.29) is 13.3 Å². The highest BCUT2D eigenvalue weighted by molar-refractivity contribution is 6.33. The van der Waals surface area contributed by atoms with Crippen molar-refractivity contribution in [2.75, 3.05) is 30.1 Å². The van der Waals surface area contributed by atoms with Gasteiger partial charge in [0.25, 0.3) is 0 Å². The fourth-order valence-corrected chi connectivity index (χ4v) is 3.01. The summed E-state index contributed by atoms with van der Waals surface area (Å²) in [5.74, 6) is 1.22. The van der Waals surface area contributed by atoms with Gasteiger partial charge in [-0.1, -0.05) is 23.7 Å². The number of hydrogen-bond acceptors (Lipinski definition) is 5. The summed E-state index contributed by atoms with van der Waals surface area (Å²) in [6.07, 6.45) is -0.952. The van der Waals surface area contributed by atoms with Gasteiger partial charge in [0.05, 0.1) is 29.5 Å². The number of amides is 3. The van der Waals surface area contributed by atoms with Crippen LogP contribution >= 0.6 is 11.6 Å². The van der Waals surface area contributed by atoms with Crippen molar-refractivity contribution in [3.05, 3.63) is 47.5 Å². The first-order valence-corrected chi connectivity index (χ1v) is 8.65. The Morgan fingerprint density at radius 2 is 2.00 bits per heavy atom. The number of ether oxygens (including phenoxy) is 3. The zero-order valence-corrected chi connectivity index (χ0v) is 14.9. The molecule has 1 fully saturated rings. The van der Waals surface area contributed by atoms with Gasteiger partial charge in [-0.25, -0.2) is 9.59 Å². The number of benzene rings is 2. The van der Waals surface area contributed by atoms with Crippen molar-refractivity contribution in [1.82, 2.24) is 5.32 Å². The molecule has 1 saturated heterocycles. The number of anilines is 2. The summed E-state index contributed by atoms with van der Waals surface area (Å²) in [5.41, 5.74) is 1.15. The Labute approximate surface area is 159 Å². The zero-order chi connectivity index (χ0) is 18.8. The number of hydrogen-bond donors (Lipinski definition) is 2. The van der Waals surface area contributed by atoms with Crippen LogP contribution < -0.4 is 25.0 Å². The summed E-state index contributed by atoms with van der Waals surface area (Å²) >= 11 is 6.00. The van der Waals surface area contributed by atoms with Gasteiger partial charge < -0.3 is 24.8 Å². The molecule has 8 nitrogen and oxygen atoms in total. The Bertz CT molecular complexity index is 891. The zero-order valence-electron chi connectivity index (χ0n) is 14.1. The average Bonchev–Trinajstić information content (AvgIpc) is 3.27. The molecule has 140 valence electrons. The van der Waals surface area contributed by atoms with Crippen LogP contribution in [0.2, 0.25) is 5.02 Å². The number of fused-ring (bicyclic) bond motifs is 1. The molecular formula is C18H16ClN3O5. The lowest BCUT2D eigenvalue weighted by Gasteiger charge is -2.14. The Balaban J connectivity index is 1.33. The molecule has 3 amide bonds. The van der Waals surface area contributed by atoms with E-state index in [0.29, 0.717) is 34.4 Å². The molecule has 0 unspecified atom stereocenters. The normalized spacial score (nSPS) is 17.6. The third-order valence-electron chi connectivity index (χ3n) is 4.15. The summed E-state index contributed by atoms with van der Waals surface area (Å²) < 4.78 is 15.9. The van der Waals surface area contributed by atoms with Gasteiger partial charge in [-0.3, -0.25) is 4.90 Å². The number of carbonyl (C=O) groups is 2. The number of halogens is 1. The van der Waals surface area contributed by atoms with Gasteiger partial charge in [0.2, 0.25) is 6.79 Å². The lowest BCUT2D eigenvalue weighted by molar-refractivity contribution is 0.141. The molecule has 2 heterocycles. The van der Waals surface area contributed by atoms with Crippen LogP contribution in [0, 0.1) is 0 Å². The van der Waals surface area contributed by atoms with E-state index >= 15 is 0 Å². The summed E-state index contributed by atoms with van der Waals surface area (Å²) in [6, 6.07) is 11.7. The lowest BCUT2D eigenvalue weighted by Crippen LogP contribution is -2.37. The Kier molecular flexibility index (Phi) is 4.64. The van der Waals surface area contributed by atoms with Crippen molar-refractivity contribution < 1.29 is 23.8 Å². The van der Waals surface area contributed by atoms with Crippen LogP contribution in [0.15, 0.2) is 42.5 Å². The molecule has 2 aromatic carbocycles. The molecular weight excluding hydrogens is 374 g/mol. The molecule has 0 bridgehead atoms. The number of carbonyl (C=O) groups excluding carboxylic acids is 2. The first-order chi connectivity index (χ1) is 13.1. The molecule has 9 heteroatoms. The Hall–Kier alpha value is -3.13. The fourth-order valence-electron chi connectivity index (χ4n) is 2.83. The predicted molar refractivity (Wildman–Crippen MR) is 98.7 cm³/mol. The van der Waals surface area contributed by atoms with E-state index in [1.54, 1.807) is 42.5 Å². The second-order valence-electron chi connectivity index (χ2n) is 5.97.